The third-order valence-electron chi connectivity index (χ3n) is 5.07. The van der Waals surface area contributed by atoms with Gasteiger partial charge in [0.1, 0.15) is 5.82 Å². The van der Waals surface area contributed by atoms with Gasteiger partial charge in [0.2, 0.25) is 5.91 Å². The van der Waals surface area contributed by atoms with Gasteiger partial charge in [-0.3, -0.25) is 14.6 Å². The Morgan fingerprint density at radius 2 is 1.81 bits per heavy atom. The van der Waals surface area contributed by atoms with Crippen LogP contribution >= 0.6 is 27.3 Å². The molecule has 0 bridgehead atoms. The molecule has 0 aliphatic carbocycles. The van der Waals surface area contributed by atoms with Gasteiger partial charge in [-0.2, -0.15) is 0 Å². The number of halogens is 2. The molecular weight excluding hydrogens is 429 g/mol. The van der Waals surface area contributed by atoms with Crippen molar-refractivity contribution in [2.45, 2.75) is 32.5 Å². The minimum absolute atomic E-state index is 0.0162. The fourth-order valence-corrected chi connectivity index (χ4v) is 4.83. The van der Waals surface area contributed by atoms with Gasteiger partial charge < -0.3 is 5.32 Å². The molecule has 1 aromatic carbocycles. The first kappa shape index (κ1) is 20.5. The highest BCUT2D eigenvalue weighted by atomic mass is 79.9. The summed E-state index contributed by atoms with van der Waals surface area (Å²) in [5, 5.41) is 3.05. The summed E-state index contributed by atoms with van der Waals surface area (Å²) in [5.74, 6) is -0.249. The molecule has 0 spiro atoms. The van der Waals surface area contributed by atoms with Crippen LogP contribution in [-0.4, -0.2) is 47.9 Å². The number of amides is 1. The first-order chi connectivity index (χ1) is 12.9. The highest BCUT2D eigenvalue weighted by molar-refractivity contribution is 9.11. The summed E-state index contributed by atoms with van der Waals surface area (Å²) in [6.45, 7) is 8.53. The highest BCUT2D eigenvalue weighted by Gasteiger charge is 2.26. The third kappa shape index (κ3) is 5.60. The standard InChI is InChI=1S/C20H25BrFN3OS/c1-14(16-3-5-17(22)6-4-16)23-20(26)15(2)25-11-9-24(10-12-25)13-18-7-8-19(21)27-18/h3-8,14-15H,9-13H2,1-2H3,(H,23,26)/t14-,15-/m1/s1. The molecule has 2 heterocycles. The van der Waals surface area contributed by atoms with Crippen molar-refractivity contribution in [3.05, 3.63) is 56.4 Å². The van der Waals surface area contributed by atoms with E-state index in [-0.39, 0.29) is 23.8 Å². The fraction of sp³-hybridized carbons (Fsp3) is 0.450. The van der Waals surface area contributed by atoms with Crippen molar-refractivity contribution < 1.29 is 9.18 Å². The van der Waals surface area contributed by atoms with Crippen molar-refractivity contribution in [2.24, 2.45) is 0 Å². The zero-order valence-corrected chi connectivity index (χ0v) is 18.0. The third-order valence-corrected chi connectivity index (χ3v) is 6.68. The lowest BCUT2D eigenvalue weighted by Gasteiger charge is -2.37. The molecule has 2 atom stereocenters. The Kier molecular flexibility index (Phi) is 7.03. The van der Waals surface area contributed by atoms with Crippen molar-refractivity contribution in [1.82, 2.24) is 15.1 Å². The Balaban J connectivity index is 1.47. The van der Waals surface area contributed by atoms with E-state index in [2.05, 4.69) is 43.2 Å². The smallest absolute Gasteiger partial charge is 0.237 e. The molecule has 146 valence electrons. The maximum absolute atomic E-state index is 13.1. The molecule has 7 heteroatoms. The molecule has 1 saturated heterocycles. The largest absolute Gasteiger partial charge is 0.348 e. The van der Waals surface area contributed by atoms with Crippen molar-refractivity contribution in [3.63, 3.8) is 0 Å². The van der Waals surface area contributed by atoms with Crippen LogP contribution in [0.25, 0.3) is 0 Å². The molecule has 3 rings (SSSR count). The van der Waals surface area contributed by atoms with E-state index in [4.69, 9.17) is 0 Å². The lowest BCUT2D eigenvalue weighted by Crippen LogP contribution is -2.53. The van der Waals surface area contributed by atoms with E-state index in [0.717, 1.165) is 42.1 Å². The van der Waals surface area contributed by atoms with Gasteiger partial charge in [-0.1, -0.05) is 12.1 Å². The van der Waals surface area contributed by atoms with E-state index in [0.29, 0.717) is 0 Å². The quantitative estimate of drug-likeness (QED) is 0.716. The molecule has 1 fully saturated rings. The van der Waals surface area contributed by atoms with E-state index in [1.54, 1.807) is 23.5 Å². The van der Waals surface area contributed by atoms with E-state index < -0.39 is 0 Å². The molecule has 0 saturated carbocycles. The number of carbonyl (C=O) groups excluding carboxylic acids is 1. The summed E-state index contributed by atoms with van der Waals surface area (Å²) < 4.78 is 14.2. The van der Waals surface area contributed by atoms with E-state index in [9.17, 15) is 9.18 Å². The lowest BCUT2D eigenvalue weighted by molar-refractivity contribution is -0.127. The predicted molar refractivity (Wildman–Crippen MR) is 111 cm³/mol. The number of thiophene rings is 1. The van der Waals surface area contributed by atoms with E-state index in [1.807, 2.05) is 13.8 Å². The van der Waals surface area contributed by atoms with Crippen LogP contribution in [0.3, 0.4) is 0 Å². The van der Waals surface area contributed by atoms with E-state index >= 15 is 0 Å². The minimum Gasteiger partial charge on any atom is -0.348 e. The number of nitrogens with one attached hydrogen (secondary N) is 1. The Hall–Kier alpha value is -1.28. The van der Waals surface area contributed by atoms with Gasteiger partial charge in [-0.05, 0) is 59.6 Å². The second-order valence-electron chi connectivity index (χ2n) is 6.98. The first-order valence-electron chi connectivity index (χ1n) is 9.19. The molecule has 0 unspecified atom stereocenters. The topological polar surface area (TPSA) is 35.6 Å². The summed E-state index contributed by atoms with van der Waals surface area (Å²) in [6.07, 6.45) is 0. The number of piperazine rings is 1. The molecular formula is C20H25BrFN3OS. The number of hydrogen-bond acceptors (Lipinski definition) is 4. The van der Waals surface area contributed by atoms with Gasteiger partial charge in [0.15, 0.2) is 0 Å². The summed E-state index contributed by atoms with van der Waals surface area (Å²) in [7, 11) is 0. The average molecular weight is 454 g/mol. The number of carbonyl (C=O) groups is 1. The van der Waals surface area contributed by atoms with Crippen LogP contribution in [0.15, 0.2) is 40.2 Å². The minimum atomic E-state index is -0.265. The summed E-state index contributed by atoms with van der Waals surface area (Å²) >= 11 is 5.28. The Morgan fingerprint density at radius 1 is 1.15 bits per heavy atom. The maximum atomic E-state index is 13.1. The fourth-order valence-electron chi connectivity index (χ4n) is 3.30. The van der Waals surface area contributed by atoms with Gasteiger partial charge in [0.05, 0.1) is 15.9 Å². The van der Waals surface area contributed by atoms with Gasteiger partial charge in [-0.15, -0.1) is 11.3 Å². The number of hydrogen-bond donors (Lipinski definition) is 1. The van der Waals surface area contributed by atoms with Gasteiger partial charge in [0, 0.05) is 37.6 Å². The van der Waals surface area contributed by atoms with Crippen LogP contribution in [0, 0.1) is 5.82 Å². The average Bonchev–Trinajstić information content (AvgIpc) is 3.07. The van der Waals surface area contributed by atoms with Gasteiger partial charge >= 0.3 is 0 Å². The summed E-state index contributed by atoms with van der Waals surface area (Å²) in [4.78, 5) is 18.6. The molecule has 27 heavy (non-hydrogen) atoms. The monoisotopic (exact) mass is 453 g/mol. The van der Waals surface area contributed by atoms with Crippen LogP contribution in [0.5, 0.6) is 0 Å². The molecule has 0 radical (unpaired) electrons. The SMILES string of the molecule is C[C@H](C(=O)N[C@H](C)c1ccc(F)cc1)N1CCN(Cc2ccc(Br)s2)CC1. The lowest BCUT2D eigenvalue weighted by atomic mass is 10.1. The van der Waals surface area contributed by atoms with Crippen LogP contribution < -0.4 is 5.32 Å². The molecule has 1 aliphatic heterocycles. The predicted octanol–water partition coefficient (Wildman–Crippen LogP) is 4.03. The second kappa shape index (κ2) is 9.28. The summed E-state index contributed by atoms with van der Waals surface area (Å²) in [5.41, 5.74) is 0.906. The zero-order chi connectivity index (χ0) is 19.4. The molecule has 4 nitrogen and oxygen atoms in total. The zero-order valence-electron chi connectivity index (χ0n) is 15.6. The second-order valence-corrected chi connectivity index (χ2v) is 9.52. The molecule has 1 aromatic heterocycles. The maximum Gasteiger partial charge on any atom is 0.237 e. The van der Waals surface area contributed by atoms with Gasteiger partial charge in [0.25, 0.3) is 0 Å². The Bertz CT molecular complexity index is 759. The van der Waals surface area contributed by atoms with Crippen molar-refractivity contribution in [3.8, 4) is 0 Å². The van der Waals surface area contributed by atoms with Crippen LogP contribution in [0.1, 0.15) is 30.3 Å². The molecule has 1 N–H and O–H groups in total. The molecule has 1 aliphatic rings. The van der Waals surface area contributed by atoms with Crippen molar-refractivity contribution in [1.29, 1.82) is 0 Å². The Morgan fingerprint density at radius 3 is 2.41 bits per heavy atom. The summed E-state index contributed by atoms with van der Waals surface area (Å²) in [6, 6.07) is 10.2. The van der Waals surface area contributed by atoms with Crippen molar-refractivity contribution in [2.75, 3.05) is 26.2 Å². The molecule has 1 amide bonds. The van der Waals surface area contributed by atoms with E-state index in [1.165, 1.54) is 17.0 Å². The van der Waals surface area contributed by atoms with Crippen LogP contribution in [-0.2, 0) is 11.3 Å². The van der Waals surface area contributed by atoms with Crippen molar-refractivity contribution >= 4 is 33.2 Å². The molecule has 2 aromatic rings. The number of benzene rings is 1. The highest BCUT2D eigenvalue weighted by Crippen LogP contribution is 2.24. The van der Waals surface area contributed by atoms with Gasteiger partial charge in [-0.25, -0.2) is 4.39 Å². The Labute approximate surface area is 172 Å². The van der Waals surface area contributed by atoms with Crippen LogP contribution in [0.4, 0.5) is 4.39 Å². The first-order valence-corrected chi connectivity index (χ1v) is 10.8. The van der Waals surface area contributed by atoms with Crippen LogP contribution in [0.2, 0.25) is 0 Å². The number of rotatable bonds is 6. The normalized spacial score (nSPS) is 18.2. The number of nitrogens with zero attached hydrogens (tertiary/aromatic N) is 2.